The summed E-state index contributed by atoms with van der Waals surface area (Å²) in [5.41, 5.74) is 6.85. The molecule has 1 aromatic heterocycles. The summed E-state index contributed by atoms with van der Waals surface area (Å²) in [5.74, 6) is -0.506. The lowest BCUT2D eigenvalue weighted by atomic mass is 10.2. The van der Waals surface area contributed by atoms with E-state index < -0.39 is 0 Å². The predicted molar refractivity (Wildman–Crippen MR) is 82.7 cm³/mol. The van der Waals surface area contributed by atoms with Gasteiger partial charge in [0.15, 0.2) is 0 Å². The van der Waals surface area contributed by atoms with Crippen LogP contribution in [-0.2, 0) is 6.42 Å². The van der Waals surface area contributed by atoms with Gasteiger partial charge >= 0.3 is 0 Å². The molecule has 2 aromatic rings. The minimum absolute atomic E-state index is 0.204. The molecular formula is C14H16N4O2S. The van der Waals surface area contributed by atoms with Crippen molar-refractivity contribution in [3.63, 3.8) is 0 Å². The fraction of sp³-hybridized carbons (Fsp3) is 0.214. The Morgan fingerprint density at radius 2 is 2.14 bits per heavy atom. The van der Waals surface area contributed by atoms with Crippen LogP contribution in [0.4, 0.5) is 5.69 Å². The highest BCUT2D eigenvalue weighted by molar-refractivity contribution is 7.09. The van der Waals surface area contributed by atoms with Crippen LogP contribution in [0.25, 0.3) is 0 Å². The topological polar surface area (TPSA) is 97.1 Å². The Morgan fingerprint density at radius 1 is 1.33 bits per heavy atom. The highest BCUT2D eigenvalue weighted by atomic mass is 32.1. The second-order valence-corrected chi connectivity index (χ2v) is 5.22. The number of nitrogens with one attached hydrogen (secondary N) is 2. The maximum Gasteiger partial charge on any atom is 0.275 e. The summed E-state index contributed by atoms with van der Waals surface area (Å²) >= 11 is 1.41. The first-order valence-corrected chi connectivity index (χ1v) is 7.30. The number of carbonyl (C=O) groups is 2. The largest absolute Gasteiger partial charge is 0.355 e. The number of hydrogen-bond acceptors (Lipinski definition) is 5. The highest BCUT2D eigenvalue weighted by Crippen LogP contribution is 2.14. The molecule has 0 unspecified atom stereocenters. The molecule has 2 rings (SSSR count). The molecule has 0 fully saturated rings. The molecule has 0 aliphatic heterocycles. The highest BCUT2D eigenvalue weighted by Gasteiger charge is 2.11. The first-order valence-electron chi connectivity index (χ1n) is 6.42. The third kappa shape index (κ3) is 3.87. The van der Waals surface area contributed by atoms with Crippen molar-refractivity contribution in [1.29, 1.82) is 0 Å². The Kier molecular flexibility index (Phi) is 5.02. The third-order valence-electron chi connectivity index (χ3n) is 2.75. The van der Waals surface area contributed by atoms with Gasteiger partial charge in [0.25, 0.3) is 11.8 Å². The summed E-state index contributed by atoms with van der Waals surface area (Å²) in [6, 6.07) is 6.72. The average molecular weight is 304 g/mol. The normalized spacial score (nSPS) is 10.2. The van der Waals surface area contributed by atoms with Crippen LogP contribution in [0.15, 0.2) is 29.6 Å². The summed E-state index contributed by atoms with van der Waals surface area (Å²) in [4.78, 5) is 27.9. The molecule has 7 heteroatoms. The fourth-order valence-corrected chi connectivity index (χ4v) is 2.53. The van der Waals surface area contributed by atoms with Crippen molar-refractivity contribution < 1.29 is 9.59 Å². The van der Waals surface area contributed by atoms with Gasteiger partial charge in [-0.1, -0.05) is 6.07 Å². The van der Waals surface area contributed by atoms with Crippen molar-refractivity contribution >= 4 is 28.8 Å². The fourth-order valence-electron chi connectivity index (χ4n) is 1.73. The monoisotopic (exact) mass is 304 g/mol. The molecule has 0 spiro atoms. The van der Waals surface area contributed by atoms with E-state index in [1.165, 1.54) is 11.3 Å². The maximum atomic E-state index is 12.1. The van der Waals surface area contributed by atoms with Crippen LogP contribution < -0.4 is 16.4 Å². The van der Waals surface area contributed by atoms with Crippen molar-refractivity contribution in [2.45, 2.75) is 6.42 Å². The molecule has 21 heavy (non-hydrogen) atoms. The van der Waals surface area contributed by atoms with E-state index in [0.717, 1.165) is 5.01 Å². The molecule has 4 N–H and O–H groups in total. The molecule has 0 bridgehead atoms. The van der Waals surface area contributed by atoms with E-state index in [-0.39, 0.29) is 11.8 Å². The summed E-state index contributed by atoms with van der Waals surface area (Å²) in [5, 5.41) is 7.80. The van der Waals surface area contributed by atoms with Gasteiger partial charge in [0.05, 0.1) is 5.01 Å². The number of nitrogens with zero attached hydrogens (tertiary/aromatic N) is 1. The number of amides is 2. The first-order chi connectivity index (χ1) is 10.1. The average Bonchev–Trinajstić information content (AvgIpc) is 2.96. The van der Waals surface area contributed by atoms with Crippen LogP contribution in [0.5, 0.6) is 0 Å². The van der Waals surface area contributed by atoms with Gasteiger partial charge in [-0.3, -0.25) is 9.59 Å². The van der Waals surface area contributed by atoms with Gasteiger partial charge in [0.1, 0.15) is 5.69 Å². The van der Waals surface area contributed by atoms with E-state index in [0.29, 0.717) is 29.9 Å². The van der Waals surface area contributed by atoms with Crippen molar-refractivity contribution in [3.05, 3.63) is 45.9 Å². The molecule has 0 aliphatic rings. The predicted octanol–water partition coefficient (Wildman–Crippen LogP) is 1.26. The summed E-state index contributed by atoms with van der Waals surface area (Å²) < 4.78 is 0. The molecule has 6 nitrogen and oxygen atoms in total. The van der Waals surface area contributed by atoms with Crippen LogP contribution in [0.2, 0.25) is 0 Å². The van der Waals surface area contributed by atoms with Gasteiger partial charge in [-0.15, -0.1) is 11.3 Å². The number of thiazole rings is 1. The zero-order valence-electron chi connectivity index (χ0n) is 11.6. The molecule has 1 heterocycles. The van der Waals surface area contributed by atoms with Crippen LogP contribution in [0.3, 0.4) is 0 Å². The molecule has 0 atom stereocenters. The van der Waals surface area contributed by atoms with Crippen LogP contribution in [0.1, 0.15) is 25.9 Å². The van der Waals surface area contributed by atoms with E-state index in [1.54, 1.807) is 36.7 Å². The van der Waals surface area contributed by atoms with Gasteiger partial charge in [-0.2, -0.15) is 0 Å². The zero-order chi connectivity index (χ0) is 15.2. The second-order valence-electron chi connectivity index (χ2n) is 4.28. The molecule has 2 amide bonds. The van der Waals surface area contributed by atoms with Gasteiger partial charge in [0.2, 0.25) is 0 Å². The Bertz CT molecular complexity index is 654. The molecule has 1 aromatic carbocycles. The SMILES string of the molecule is CNC(=O)c1cccc(NC(=O)c2csc(CCN)n2)c1. The van der Waals surface area contributed by atoms with Gasteiger partial charge in [-0.25, -0.2) is 4.98 Å². The standard InChI is InChI=1S/C14H16N4O2S/c1-16-13(19)9-3-2-4-10(7-9)17-14(20)11-8-21-12(18-11)5-6-15/h2-4,7-8H,5-6,15H2,1H3,(H,16,19)(H,17,20). The number of nitrogens with two attached hydrogens (primary N) is 1. The molecule has 0 aliphatic carbocycles. The van der Waals surface area contributed by atoms with Crippen LogP contribution >= 0.6 is 11.3 Å². The Labute approximate surface area is 126 Å². The van der Waals surface area contributed by atoms with E-state index in [9.17, 15) is 9.59 Å². The van der Waals surface area contributed by atoms with Crippen LogP contribution in [-0.4, -0.2) is 30.4 Å². The number of rotatable bonds is 5. The Balaban J connectivity index is 2.09. The van der Waals surface area contributed by atoms with Gasteiger partial charge < -0.3 is 16.4 Å². The Morgan fingerprint density at radius 3 is 2.86 bits per heavy atom. The van der Waals surface area contributed by atoms with E-state index in [4.69, 9.17) is 5.73 Å². The van der Waals surface area contributed by atoms with Crippen molar-refractivity contribution in [2.75, 3.05) is 18.9 Å². The van der Waals surface area contributed by atoms with E-state index in [1.807, 2.05) is 0 Å². The lowest BCUT2D eigenvalue weighted by Gasteiger charge is -2.05. The molecule has 0 saturated heterocycles. The summed E-state index contributed by atoms with van der Waals surface area (Å²) in [6.07, 6.45) is 0.657. The van der Waals surface area contributed by atoms with Crippen molar-refractivity contribution in [3.8, 4) is 0 Å². The van der Waals surface area contributed by atoms with Gasteiger partial charge in [0, 0.05) is 30.1 Å². The quantitative estimate of drug-likeness (QED) is 0.774. The number of aromatic nitrogens is 1. The summed E-state index contributed by atoms with van der Waals surface area (Å²) in [7, 11) is 1.56. The first kappa shape index (κ1) is 15.1. The molecule has 0 saturated carbocycles. The number of hydrogen-bond donors (Lipinski definition) is 3. The minimum atomic E-state index is -0.302. The Hall–Kier alpha value is -2.25. The molecule has 110 valence electrons. The summed E-state index contributed by atoms with van der Waals surface area (Å²) in [6.45, 7) is 0.503. The smallest absolute Gasteiger partial charge is 0.275 e. The minimum Gasteiger partial charge on any atom is -0.355 e. The third-order valence-corrected chi connectivity index (χ3v) is 3.66. The molecular weight excluding hydrogens is 288 g/mol. The maximum absolute atomic E-state index is 12.1. The number of carbonyl (C=O) groups excluding carboxylic acids is 2. The van der Waals surface area contributed by atoms with Gasteiger partial charge in [-0.05, 0) is 24.7 Å². The number of anilines is 1. The second kappa shape index (κ2) is 6.96. The van der Waals surface area contributed by atoms with E-state index >= 15 is 0 Å². The number of benzene rings is 1. The molecule has 0 radical (unpaired) electrons. The lowest BCUT2D eigenvalue weighted by Crippen LogP contribution is -2.18. The lowest BCUT2D eigenvalue weighted by molar-refractivity contribution is 0.0961. The zero-order valence-corrected chi connectivity index (χ0v) is 12.4. The van der Waals surface area contributed by atoms with Crippen LogP contribution in [0, 0.1) is 0 Å². The van der Waals surface area contributed by atoms with E-state index in [2.05, 4.69) is 15.6 Å². The van der Waals surface area contributed by atoms with Crippen molar-refractivity contribution in [1.82, 2.24) is 10.3 Å². The van der Waals surface area contributed by atoms with Crippen molar-refractivity contribution in [2.24, 2.45) is 5.73 Å².